The first kappa shape index (κ1) is 24.5. The summed E-state index contributed by atoms with van der Waals surface area (Å²) in [6.07, 6.45) is 8.40. The second-order valence-electron chi connectivity index (χ2n) is 5.27. The van der Waals surface area contributed by atoms with Crippen LogP contribution in [0.4, 0.5) is 5.69 Å². The van der Waals surface area contributed by atoms with E-state index in [4.69, 9.17) is 0 Å². The Morgan fingerprint density at radius 2 is 1.96 bits per heavy atom. The fourth-order valence-electron chi connectivity index (χ4n) is 2.63. The van der Waals surface area contributed by atoms with Crippen LogP contribution in [-0.4, -0.2) is 36.1 Å². The number of benzene rings is 1. The molecule has 1 unspecified atom stereocenters. The molecule has 0 N–H and O–H groups in total. The third-order valence-corrected chi connectivity index (χ3v) is 4.51. The molecule has 0 spiro atoms. The van der Waals surface area contributed by atoms with Gasteiger partial charge in [-0.15, -0.1) is 31.6 Å². The summed E-state index contributed by atoms with van der Waals surface area (Å²) in [4.78, 5) is 6.38. The van der Waals surface area contributed by atoms with Crippen molar-refractivity contribution >= 4 is 20.8 Å². The van der Waals surface area contributed by atoms with Crippen LogP contribution in [0.15, 0.2) is 35.5 Å². The van der Waals surface area contributed by atoms with Gasteiger partial charge in [0, 0.05) is 36.9 Å². The Labute approximate surface area is 186 Å². The fourth-order valence-corrected chi connectivity index (χ4v) is 3.14. The predicted octanol–water partition coefficient (Wildman–Crippen LogP) is 3.36. The molecule has 2 aliphatic rings. The average Bonchev–Trinajstić information content (AvgIpc) is 3.21. The molecular formula is C18H24N3PVY-. The van der Waals surface area contributed by atoms with Crippen LogP contribution in [0, 0.1) is 26.0 Å². The number of hydrogen-bond donors (Lipinski definition) is 0. The second-order valence-corrected chi connectivity index (χ2v) is 5.93. The molecule has 2 aliphatic heterocycles. The van der Waals surface area contributed by atoms with E-state index in [1.54, 1.807) is 6.20 Å². The topological polar surface area (TPSA) is 18.8 Å². The largest absolute Gasteiger partial charge is 3.00 e. The van der Waals surface area contributed by atoms with Crippen LogP contribution < -0.4 is 4.90 Å². The fraction of sp³-hybridized carbons (Fsp3) is 0.389. The Morgan fingerprint density at radius 1 is 1.29 bits per heavy atom. The van der Waals surface area contributed by atoms with E-state index in [0.717, 1.165) is 25.2 Å². The van der Waals surface area contributed by atoms with Crippen molar-refractivity contribution in [2.75, 3.05) is 24.5 Å². The van der Waals surface area contributed by atoms with E-state index in [-0.39, 0.29) is 51.3 Å². The monoisotopic (exact) mass is 453 g/mol. The Morgan fingerprint density at radius 3 is 2.42 bits per heavy atom. The minimum Gasteiger partial charge on any atom is -0.471 e. The summed E-state index contributed by atoms with van der Waals surface area (Å²) in [5, 5.41) is 0. The molecule has 6 heteroatoms. The first-order valence-corrected chi connectivity index (χ1v) is 8.20. The summed E-state index contributed by atoms with van der Waals surface area (Å²) in [5.41, 5.74) is 2.45. The quantitative estimate of drug-likeness (QED) is 0.515. The van der Waals surface area contributed by atoms with E-state index in [0.29, 0.717) is 6.04 Å². The molecule has 3 rings (SSSR count). The molecule has 24 heavy (non-hydrogen) atoms. The molecule has 3 nitrogen and oxygen atoms in total. The Kier molecular flexibility index (Phi) is 14.0. The Hall–Kier alpha value is 0.508. The minimum atomic E-state index is 0. The van der Waals surface area contributed by atoms with Crippen molar-refractivity contribution in [3.8, 4) is 0 Å². The number of anilines is 1. The maximum Gasteiger partial charge on any atom is 3.00 e. The van der Waals surface area contributed by atoms with Crippen molar-refractivity contribution in [1.82, 2.24) is 4.67 Å². The summed E-state index contributed by atoms with van der Waals surface area (Å²) in [6.45, 7) is 10.3. The summed E-state index contributed by atoms with van der Waals surface area (Å²) >= 11 is 0. The van der Waals surface area contributed by atoms with Gasteiger partial charge in [0.05, 0.1) is 0 Å². The smallest absolute Gasteiger partial charge is 0.471 e. The molecule has 1 saturated heterocycles. The summed E-state index contributed by atoms with van der Waals surface area (Å²) in [5.74, 6) is 0. The molecule has 1 aromatic carbocycles. The van der Waals surface area contributed by atoms with Gasteiger partial charge in [0.2, 0.25) is 0 Å². The van der Waals surface area contributed by atoms with Gasteiger partial charge in [-0.25, -0.2) is 0 Å². The van der Waals surface area contributed by atoms with E-state index in [1.165, 1.54) is 25.1 Å². The van der Waals surface area contributed by atoms with Crippen LogP contribution in [-0.2, 0) is 51.3 Å². The summed E-state index contributed by atoms with van der Waals surface area (Å²) in [7, 11) is 2.78. The molecule has 1 fully saturated rings. The van der Waals surface area contributed by atoms with E-state index in [2.05, 4.69) is 49.9 Å². The molecule has 2 atom stereocenters. The zero-order valence-corrected chi connectivity index (χ0v) is 19.5. The van der Waals surface area contributed by atoms with Crippen LogP contribution in [0.2, 0.25) is 0 Å². The maximum atomic E-state index is 4.29. The van der Waals surface area contributed by atoms with Crippen LogP contribution in [0.1, 0.15) is 19.3 Å². The summed E-state index contributed by atoms with van der Waals surface area (Å²) in [6, 6.07) is 11.4. The van der Waals surface area contributed by atoms with Gasteiger partial charge in [0.1, 0.15) is 0 Å². The average molecular weight is 453 g/mol. The second kappa shape index (κ2) is 13.7. The van der Waals surface area contributed by atoms with Gasteiger partial charge >= 0.3 is 32.7 Å². The zero-order chi connectivity index (χ0) is 15.8. The maximum absolute atomic E-state index is 4.29. The van der Waals surface area contributed by atoms with Crippen LogP contribution in [0.25, 0.3) is 0 Å². The van der Waals surface area contributed by atoms with Gasteiger partial charge in [0.15, 0.2) is 0 Å². The van der Waals surface area contributed by atoms with Gasteiger partial charge in [-0.3, -0.25) is 4.67 Å². The summed E-state index contributed by atoms with van der Waals surface area (Å²) < 4.78 is 2.31. The van der Waals surface area contributed by atoms with E-state index in [9.17, 15) is 0 Å². The first-order valence-electron chi connectivity index (χ1n) is 7.68. The normalized spacial score (nSPS) is 18.8. The molecular weight excluding hydrogens is 429 g/mol. The standard InChI is InChI=1S/C10H12N.C8H12N2P.V.Y/c1-3-11(4-2)10-8-6-5-7-9-10;11-10-6-2-4-8(10)7-3-1-5-9-7;;/h6-9H,1-4H2;5,8H,2-4,6,11H2;;/q-3;-1;;+3/t;8-;;/m.0../s1. The van der Waals surface area contributed by atoms with Gasteiger partial charge in [-0.1, -0.05) is 15.1 Å². The molecule has 0 amide bonds. The Bertz CT molecular complexity index is 506. The van der Waals surface area contributed by atoms with E-state index >= 15 is 0 Å². The number of aliphatic imine (C=N–C) groups is 1. The van der Waals surface area contributed by atoms with Crippen LogP contribution >= 0.6 is 9.39 Å². The molecule has 0 bridgehead atoms. The van der Waals surface area contributed by atoms with E-state index < -0.39 is 0 Å². The van der Waals surface area contributed by atoms with Gasteiger partial charge in [-0.05, 0) is 12.8 Å². The zero-order valence-electron chi connectivity index (χ0n) is 14.1. The van der Waals surface area contributed by atoms with Crippen LogP contribution in [0.5, 0.6) is 0 Å². The van der Waals surface area contributed by atoms with Crippen molar-refractivity contribution in [2.24, 2.45) is 4.99 Å². The van der Waals surface area contributed by atoms with Crippen molar-refractivity contribution in [3.63, 3.8) is 0 Å². The minimum absolute atomic E-state index is 0. The van der Waals surface area contributed by atoms with E-state index in [1.807, 2.05) is 24.3 Å². The molecule has 1 aromatic rings. The Balaban J connectivity index is 0.000000407. The van der Waals surface area contributed by atoms with Crippen LogP contribution in [0.3, 0.4) is 0 Å². The van der Waals surface area contributed by atoms with Gasteiger partial charge in [0.25, 0.3) is 0 Å². The first-order chi connectivity index (χ1) is 10.8. The number of nitrogens with zero attached hydrogens (tertiary/aromatic N) is 3. The number of rotatable bonds is 4. The van der Waals surface area contributed by atoms with Crippen molar-refractivity contribution < 1.29 is 51.3 Å². The van der Waals surface area contributed by atoms with Gasteiger partial charge in [-0.2, -0.15) is 24.4 Å². The molecule has 0 aliphatic carbocycles. The third kappa shape index (κ3) is 7.40. The molecule has 2 heterocycles. The SMILES string of the molecule is PN1CCC[C@H]1C1=NC=[C-]C1.[CH2-]CN(C[CH2-])c1cc[c-]cc1.[V].[Y+3]. The van der Waals surface area contributed by atoms with Gasteiger partial charge < -0.3 is 29.8 Å². The molecule has 1 radical (unpaired) electrons. The third-order valence-electron chi connectivity index (χ3n) is 3.89. The van der Waals surface area contributed by atoms with Crippen molar-refractivity contribution in [1.29, 1.82) is 0 Å². The van der Waals surface area contributed by atoms with Crippen molar-refractivity contribution in [3.05, 3.63) is 56.5 Å². The molecule has 125 valence electrons. The number of allylic oxidation sites excluding steroid dienone is 1. The number of hydrogen-bond acceptors (Lipinski definition) is 3. The molecule has 0 aromatic heterocycles. The van der Waals surface area contributed by atoms with Crippen molar-refractivity contribution in [2.45, 2.75) is 25.3 Å². The predicted molar refractivity (Wildman–Crippen MR) is 97.5 cm³/mol. The molecule has 0 saturated carbocycles.